The molecule has 0 saturated heterocycles. The normalized spacial score (nSPS) is 10.3. The Kier molecular flexibility index (Phi) is 3.85. The third kappa shape index (κ3) is 2.93. The average molecular weight is 259 g/mol. The number of anilines is 1. The zero-order chi connectivity index (χ0) is 13.8. The van der Waals surface area contributed by atoms with Gasteiger partial charge in [0, 0.05) is 12.7 Å². The highest BCUT2D eigenvalue weighted by atomic mass is 16.4. The van der Waals surface area contributed by atoms with Crippen LogP contribution in [0.1, 0.15) is 27.7 Å². The molecule has 0 fully saturated rings. The molecule has 1 heterocycles. The summed E-state index contributed by atoms with van der Waals surface area (Å²) in [6.45, 7) is 4.01. The third-order valence-electron chi connectivity index (χ3n) is 2.91. The van der Waals surface area contributed by atoms with Gasteiger partial charge in [0.2, 0.25) is 5.89 Å². The number of aromatic nitrogens is 1. The summed E-state index contributed by atoms with van der Waals surface area (Å²) in [7, 11) is 1.78. The van der Waals surface area contributed by atoms with Gasteiger partial charge in [0.25, 0.3) is 5.91 Å². The molecule has 0 aliphatic carbocycles. The number of carbonyl (C=O) groups is 1. The van der Waals surface area contributed by atoms with Crippen LogP contribution in [-0.2, 0) is 6.54 Å². The maximum absolute atomic E-state index is 12.1. The number of nitrogens with one attached hydrogen (secondary N) is 2. The second-order valence-corrected chi connectivity index (χ2v) is 4.23. The molecule has 0 aliphatic heterocycles. The zero-order valence-corrected chi connectivity index (χ0v) is 11.3. The molecule has 0 spiro atoms. The van der Waals surface area contributed by atoms with Crippen molar-refractivity contribution < 1.29 is 9.21 Å². The van der Waals surface area contributed by atoms with E-state index >= 15 is 0 Å². The summed E-state index contributed by atoms with van der Waals surface area (Å²) in [4.78, 5) is 16.3. The van der Waals surface area contributed by atoms with Gasteiger partial charge in [-0.1, -0.05) is 12.1 Å². The molecule has 0 unspecified atom stereocenters. The second-order valence-electron chi connectivity index (χ2n) is 4.23. The molecular formula is C14H17N3O2. The van der Waals surface area contributed by atoms with Gasteiger partial charge in [-0.25, -0.2) is 4.98 Å². The number of aryl methyl sites for hydroxylation is 2. The van der Waals surface area contributed by atoms with Crippen LogP contribution >= 0.6 is 0 Å². The maximum Gasteiger partial charge on any atom is 0.253 e. The standard InChI is InChI=1S/C14H17N3O2/c1-9-10(2)19-13(17-9)8-16-14(18)11-6-4-5-7-12(11)15-3/h4-7,15H,8H2,1-3H3,(H,16,18). The first-order chi connectivity index (χ1) is 9.11. The van der Waals surface area contributed by atoms with Crippen molar-refractivity contribution in [3.05, 3.63) is 47.2 Å². The molecule has 0 atom stereocenters. The molecule has 0 aliphatic rings. The molecule has 5 nitrogen and oxygen atoms in total. The summed E-state index contributed by atoms with van der Waals surface area (Å²) in [6.07, 6.45) is 0. The van der Waals surface area contributed by atoms with Gasteiger partial charge in [0.15, 0.2) is 0 Å². The van der Waals surface area contributed by atoms with Gasteiger partial charge in [0.1, 0.15) is 5.76 Å². The Morgan fingerprint density at radius 3 is 2.68 bits per heavy atom. The van der Waals surface area contributed by atoms with Crippen LogP contribution in [0, 0.1) is 13.8 Å². The number of nitrogens with zero attached hydrogens (tertiary/aromatic N) is 1. The number of benzene rings is 1. The van der Waals surface area contributed by atoms with Crippen LogP contribution in [0.5, 0.6) is 0 Å². The van der Waals surface area contributed by atoms with Gasteiger partial charge < -0.3 is 15.1 Å². The van der Waals surface area contributed by atoms with Crippen LogP contribution in [0.2, 0.25) is 0 Å². The number of carbonyl (C=O) groups excluding carboxylic acids is 1. The van der Waals surface area contributed by atoms with E-state index in [-0.39, 0.29) is 12.5 Å². The number of hydrogen-bond donors (Lipinski definition) is 2. The second kappa shape index (κ2) is 5.56. The van der Waals surface area contributed by atoms with Gasteiger partial charge in [-0.05, 0) is 26.0 Å². The van der Waals surface area contributed by atoms with Crippen molar-refractivity contribution >= 4 is 11.6 Å². The van der Waals surface area contributed by atoms with E-state index in [9.17, 15) is 4.79 Å². The highest BCUT2D eigenvalue weighted by molar-refractivity contribution is 5.99. The summed E-state index contributed by atoms with van der Waals surface area (Å²) >= 11 is 0. The van der Waals surface area contributed by atoms with Crippen LogP contribution in [0.4, 0.5) is 5.69 Å². The number of rotatable bonds is 4. The van der Waals surface area contributed by atoms with Gasteiger partial charge in [-0.15, -0.1) is 0 Å². The molecule has 2 N–H and O–H groups in total. The molecule has 2 rings (SSSR count). The van der Waals surface area contributed by atoms with E-state index in [1.165, 1.54) is 0 Å². The lowest BCUT2D eigenvalue weighted by molar-refractivity contribution is 0.0948. The Morgan fingerprint density at radius 2 is 2.05 bits per heavy atom. The molecule has 100 valence electrons. The van der Waals surface area contributed by atoms with Crippen LogP contribution in [0.15, 0.2) is 28.7 Å². The summed E-state index contributed by atoms with van der Waals surface area (Å²) < 4.78 is 5.42. The lowest BCUT2D eigenvalue weighted by Crippen LogP contribution is -2.23. The van der Waals surface area contributed by atoms with Crippen molar-refractivity contribution in [1.82, 2.24) is 10.3 Å². The Bertz CT molecular complexity index is 571. The van der Waals surface area contributed by atoms with Crippen LogP contribution in [0.25, 0.3) is 0 Å². The highest BCUT2D eigenvalue weighted by Crippen LogP contribution is 2.14. The minimum Gasteiger partial charge on any atom is -0.444 e. The summed E-state index contributed by atoms with van der Waals surface area (Å²) in [5.41, 5.74) is 2.24. The number of hydrogen-bond acceptors (Lipinski definition) is 4. The molecule has 0 saturated carbocycles. The number of oxazole rings is 1. The minimum atomic E-state index is -0.154. The van der Waals surface area contributed by atoms with E-state index in [2.05, 4.69) is 15.6 Å². The van der Waals surface area contributed by atoms with Gasteiger partial charge in [-0.3, -0.25) is 4.79 Å². The quantitative estimate of drug-likeness (QED) is 0.883. The van der Waals surface area contributed by atoms with Crippen molar-refractivity contribution in [3.8, 4) is 0 Å². The molecule has 1 aromatic heterocycles. The van der Waals surface area contributed by atoms with Crippen molar-refractivity contribution in [2.75, 3.05) is 12.4 Å². The largest absolute Gasteiger partial charge is 0.444 e. The van der Waals surface area contributed by atoms with Gasteiger partial charge in [-0.2, -0.15) is 0 Å². The van der Waals surface area contributed by atoms with Crippen molar-refractivity contribution in [2.24, 2.45) is 0 Å². The van der Waals surface area contributed by atoms with Gasteiger partial charge in [0.05, 0.1) is 17.8 Å². The molecule has 1 aromatic carbocycles. The first kappa shape index (κ1) is 13.1. The molecule has 5 heteroatoms. The van der Waals surface area contributed by atoms with Crippen molar-refractivity contribution in [2.45, 2.75) is 20.4 Å². The number of para-hydroxylation sites is 1. The third-order valence-corrected chi connectivity index (χ3v) is 2.91. The lowest BCUT2D eigenvalue weighted by Gasteiger charge is -2.08. The Hall–Kier alpha value is -2.30. The van der Waals surface area contributed by atoms with Crippen molar-refractivity contribution in [1.29, 1.82) is 0 Å². The molecule has 2 aromatic rings. The zero-order valence-electron chi connectivity index (χ0n) is 11.3. The number of amides is 1. The fourth-order valence-electron chi connectivity index (χ4n) is 1.77. The van der Waals surface area contributed by atoms with E-state index in [1.807, 2.05) is 32.0 Å². The topological polar surface area (TPSA) is 67.2 Å². The fourth-order valence-corrected chi connectivity index (χ4v) is 1.77. The maximum atomic E-state index is 12.1. The van der Waals surface area contributed by atoms with E-state index in [0.717, 1.165) is 17.1 Å². The predicted octanol–water partition coefficient (Wildman–Crippen LogP) is 2.26. The molecular weight excluding hydrogens is 242 g/mol. The first-order valence-electron chi connectivity index (χ1n) is 6.09. The monoisotopic (exact) mass is 259 g/mol. The average Bonchev–Trinajstić information content (AvgIpc) is 2.75. The Balaban J connectivity index is 2.05. The van der Waals surface area contributed by atoms with Crippen LogP contribution < -0.4 is 10.6 Å². The summed E-state index contributed by atoms with van der Waals surface area (Å²) in [5, 5.41) is 5.78. The van der Waals surface area contributed by atoms with E-state index in [1.54, 1.807) is 13.1 Å². The Morgan fingerprint density at radius 1 is 1.32 bits per heavy atom. The van der Waals surface area contributed by atoms with E-state index < -0.39 is 0 Å². The summed E-state index contributed by atoms with van der Waals surface area (Å²) in [6, 6.07) is 7.33. The molecule has 19 heavy (non-hydrogen) atoms. The highest BCUT2D eigenvalue weighted by Gasteiger charge is 2.11. The predicted molar refractivity (Wildman–Crippen MR) is 73.1 cm³/mol. The SMILES string of the molecule is CNc1ccccc1C(=O)NCc1nc(C)c(C)o1. The van der Waals surface area contributed by atoms with Crippen molar-refractivity contribution in [3.63, 3.8) is 0 Å². The van der Waals surface area contributed by atoms with Gasteiger partial charge >= 0.3 is 0 Å². The Labute approximate surface area is 112 Å². The van der Waals surface area contributed by atoms with E-state index in [0.29, 0.717) is 11.5 Å². The van der Waals surface area contributed by atoms with Crippen LogP contribution in [-0.4, -0.2) is 17.9 Å². The van der Waals surface area contributed by atoms with E-state index in [4.69, 9.17) is 4.42 Å². The smallest absolute Gasteiger partial charge is 0.253 e. The fraction of sp³-hybridized carbons (Fsp3) is 0.286. The molecule has 1 amide bonds. The molecule has 0 radical (unpaired) electrons. The minimum absolute atomic E-state index is 0.154. The first-order valence-corrected chi connectivity index (χ1v) is 6.09. The summed E-state index contributed by atoms with van der Waals surface area (Å²) in [5.74, 6) is 1.14. The lowest BCUT2D eigenvalue weighted by atomic mass is 10.1. The molecule has 0 bridgehead atoms. The van der Waals surface area contributed by atoms with Crippen LogP contribution in [0.3, 0.4) is 0 Å².